The number of benzene rings is 1. The average molecular weight is 286 g/mol. The van der Waals surface area contributed by atoms with E-state index in [1.54, 1.807) is 4.98 Å². The van der Waals surface area contributed by atoms with Crippen LogP contribution in [0.2, 0.25) is 0 Å². The topological polar surface area (TPSA) is 28.7 Å². The molecule has 0 aliphatic heterocycles. The van der Waals surface area contributed by atoms with Gasteiger partial charge in [-0.15, -0.1) is 0 Å². The number of imidazole rings is 1. The van der Waals surface area contributed by atoms with Crippen molar-refractivity contribution in [3.63, 3.8) is 0 Å². The van der Waals surface area contributed by atoms with E-state index in [1.165, 1.54) is 24.3 Å². The van der Waals surface area contributed by atoms with Crippen LogP contribution in [0.1, 0.15) is 5.82 Å². The summed E-state index contributed by atoms with van der Waals surface area (Å²) in [5.74, 6) is -1.83. The van der Waals surface area contributed by atoms with Gasteiger partial charge in [0.2, 0.25) is 0 Å². The van der Waals surface area contributed by atoms with E-state index < -0.39 is 23.8 Å². The third-order valence-corrected chi connectivity index (χ3v) is 2.50. The van der Waals surface area contributed by atoms with Crippen LogP contribution in [-0.4, -0.2) is 22.3 Å². The quantitative estimate of drug-likeness (QED) is 0.792. The van der Waals surface area contributed by atoms with E-state index in [1.807, 2.05) is 0 Å². The third-order valence-electron chi connectivity index (χ3n) is 2.50. The van der Waals surface area contributed by atoms with Crippen molar-refractivity contribution in [3.8, 4) is 0 Å². The zero-order valence-electron chi connectivity index (χ0n) is 8.90. The fourth-order valence-corrected chi connectivity index (χ4v) is 1.55. The number of para-hydroxylation sites is 2. The lowest BCUT2D eigenvalue weighted by atomic mass is 10.0. The summed E-state index contributed by atoms with van der Waals surface area (Å²) in [5.41, 5.74) is -5.83. The van der Waals surface area contributed by atoms with E-state index in [2.05, 4.69) is 4.98 Å². The monoisotopic (exact) mass is 286 g/mol. The molecule has 0 atom stereocenters. The van der Waals surface area contributed by atoms with Crippen LogP contribution in [0.5, 0.6) is 0 Å². The maximum atomic E-state index is 13.6. The minimum Gasteiger partial charge on any atom is -0.339 e. The molecule has 0 unspecified atom stereocenters. The molecule has 0 amide bonds. The summed E-state index contributed by atoms with van der Waals surface area (Å²) in [6, 6.07) is 5.08. The molecule has 0 fully saturated rings. The average Bonchev–Trinajstić information content (AvgIpc) is 2.68. The Kier molecular flexibility index (Phi) is 2.76. The molecule has 19 heavy (non-hydrogen) atoms. The molecule has 1 aromatic heterocycles. The second-order valence-electron chi connectivity index (χ2n) is 3.76. The van der Waals surface area contributed by atoms with Crippen molar-refractivity contribution < 1.29 is 30.7 Å². The van der Waals surface area contributed by atoms with Crippen molar-refractivity contribution in [2.45, 2.75) is 18.0 Å². The Morgan fingerprint density at radius 3 is 1.84 bits per heavy atom. The van der Waals surface area contributed by atoms with Crippen molar-refractivity contribution in [3.05, 3.63) is 30.1 Å². The Hall–Kier alpha value is -1.80. The zero-order chi connectivity index (χ0) is 14.5. The van der Waals surface area contributed by atoms with Gasteiger partial charge in [0.25, 0.3) is 0 Å². The van der Waals surface area contributed by atoms with Gasteiger partial charge in [0.05, 0.1) is 11.0 Å². The summed E-state index contributed by atoms with van der Waals surface area (Å²) in [5, 5.41) is 0. The van der Waals surface area contributed by atoms with Crippen molar-refractivity contribution in [1.29, 1.82) is 0 Å². The highest BCUT2D eigenvalue weighted by molar-refractivity contribution is 5.75. The normalized spacial score (nSPS) is 14.1. The lowest BCUT2D eigenvalue weighted by Gasteiger charge is -2.27. The number of fused-ring (bicyclic) bond motifs is 1. The number of aromatic amines is 1. The molecule has 0 spiro atoms. The summed E-state index contributed by atoms with van der Waals surface area (Å²) in [6.45, 7) is 0. The number of halogens is 7. The first-order valence-corrected chi connectivity index (χ1v) is 4.85. The van der Waals surface area contributed by atoms with Gasteiger partial charge >= 0.3 is 18.0 Å². The maximum Gasteiger partial charge on any atom is 0.439 e. The lowest BCUT2D eigenvalue weighted by Crippen LogP contribution is -2.51. The van der Waals surface area contributed by atoms with Crippen LogP contribution >= 0.6 is 0 Å². The van der Waals surface area contributed by atoms with Gasteiger partial charge in [-0.3, -0.25) is 0 Å². The predicted octanol–water partition coefficient (Wildman–Crippen LogP) is 3.85. The van der Waals surface area contributed by atoms with E-state index in [9.17, 15) is 30.7 Å². The first-order chi connectivity index (χ1) is 8.57. The molecule has 2 nitrogen and oxygen atoms in total. The second kappa shape index (κ2) is 3.84. The van der Waals surface area contributed by atoms with Crippen molar-refractivity contribution in [2.75, 3.05) is 0 Å². The van der Waals surface area contributed by atoms with E-state index in [0.717, 1.165) is 0 Å². The van der Waals surface area contributed by atoms with Crippen LogP contribution < -0.4 is 0 Å². The van der Waals surface area contributed by atoms with Gasteiger partial charge in [0, 0.05) is 0 Å². The van der Waals surface area contributed by atoms with E-state index in [0.29, 0.717) is 0 Å². The highest BCUT2D eigenvalue weighted by Gasteiger charge is 2.75. The molecule has 0 bridgehead atoms. The number of nitrogens with one attached hydrogen (secondary N) is 1. The second-order valence-corrected chi connectivity index (χ2v) is 3.76. The molecule has 0 radical (unpaired) electrons. The van der Waals surface area contributed by atoms with Gasteiger partial charge in [0.1, 0.15) is 0 Å². The molecule has 1 heterocycles. The molecular formula is C10H5F7N2. The van der Waals surface area contributed by atoms with Crippen LogP contribution in [0.15, 0.2) is 24.3 Å². The predicted molar refractivity (Wildman–Crippen MR) is 51.0 cm³/mol. The molecule has 2 aromatic rings. The van der Waals surface area contributed by atoms with Gasteiger partial charge in [-0.05, 0) is 12.1 Å². The first kappa shape index (κ1) is 13.6. The number of aromatic nitrogens is 2. The van der Waals surface area contributed by atoms with E-state index in [-0.39, 0.29) is 11.0 Å². The lowest BCUT2D eigenvalue weighted by molar-refractivity contribution is -0.351. The number of H-pyrrole nitrogens is 1. The van der Waals surface area contributed by atoms with Crippen LogP contribution in [0, 0.1) is 0 Å². The van der Waals surface area contributed by atoms with Crippen LogP contribution in [0.4, 0.5) is 30.7 Å². The molecule has 1 N–H and O–H groups in total. The fraction of sp³-hybridized carbons (Fsp3) is 0.300. The molecule has 1 aromatic carbocycles. The van der Waals surface area contributed by atoms with Gasteiger partial charge in [-0.1, -0.05) is 12.1 Å². The number of nitrogens with zero attached hydrogens (tertiary/aromatic N) is 1. The van der Waals surface area contributed by atoms with Crippen LogP contribution in [-0.2, 0) is 5.67 Å². The Morgan fingerprint density at radius 2 is 1.37 bits per heavy atom. The molecule has 2 rings (SSSR count). The Morgan fingerprint density at radius 1 is 0.842 bits per heavy atom. The van der Waals surface area contributed by atoms with Gasteiger partial charge in [-0.25, -0.2) is 9.37 Å². The summed E-state index contributed by atoms with van der Waals surface area (Å²) >= 11 is 0. The minimum absolute atomic E-state index is 0.118. The summed E-state index contributed by atoms with van der Waals surface area (Å²) in [6.07, 6.45) is -12.3. The molecule has 104 valence electrons. The Bertz CT molecular complexity index is 549. The number of rotatable bonds is 1. The van der Waals surface area contributed by atoms with Crippen molar-refractivity contribution in [1.82, 2.24) is 9.97 Å². The minimum atomic E-state index is -6.17. The van der Waals surface area contributed by atoms with Crippen molar-refractivity contribution in [2.24, 2.45) is 0 Å². The standard InChI is InChI=1S/C10H5F7N2/c11-8(9(12,13)14,10(15,16)17)7-18-5-3-1-2-4-6(5)19-7/h1-4H,(H,18,19). The van der Waals surface area contributed by atoms with Gasteiger partial charge in [0.15, 0.2) is 5.82 Å². The summed E-state index contributed by atoms with van der Waals surface area (Å²) < 4.78 is 88.4. The number of alkyl halides is 7. The van der Waals surface area contributed by atoms with Gasteiger partial charge < -0.3 is 4.98 Å². The Balaban J connectivity index is 2.69. The molecule has 0 aliphatic carbocycles. The SMILES string of the molecule is FC(F)(F)C(F)(c1nc2ccccc2[nH]1)C(F)(F)F. The Labute approximate surface area is 101 Å². The number of hydrogen-bond acceptors (Lipinski definition) is 1. The van der Waals surface area contributed by atoms with Crippen molar-refractivity contribution >= 4 is 11.0 Å². The third kappa shape index (κ3) is 1.92. The molecule has 0 saturated heterocycles. The van der Waals surface area contributed by atoms with Crippen LogP contribution in [0.25, 0.3) is 11.0 Å². The molecule has 0 aliphatic rings. The molecule has 0 saturated carbocycles. The largest absolute Gasteiger partial charge is 0.439 e. The highest BCUT2D eigenvalue weighted by Crippen LogP contribution is 2.52. The van der Waals surface area contributed by atoms with Crippen LogP contribution in [0.3, 0.4) is 0 Å². The fourth-order valence-electron chi connectivity index (χ4n) is 1.55. The summed E-state index contributed by atoms with van der Waals surface area (Å²) in [7, 11) is 0. The maximum absolute atomic E-state index is 13.6. The van der Waals surface area contributed by atoms with E-state index in [4.69, 9.17) is 0 Å². The number of hydrogen-bond donors (Lipinski definition) is 1. The molecular weight excluding hydrogens is 281 g/mol. The van der Waals surface area contributed by atoms with Gasteiger partial charge in [-0.2, -0.15) is 26.3 Å². The summed E-state index contributed by atoms with van der Waals surface area (Å²) in [4.78, 5) is 4.77. The smallest absolute Gasteiger partial charge is 0.339 e. The first-order valence-electron chi connectivity index (χ1n) is 4.85. The molecule has 9 heteroatoms. The highest BCUT2D eigenvalue weighted by atomic mass is 19.4. The zero-order valence-corrected chi connectivity index (χ0v) is 8.90. The van der Waals surface area contributed by atoms with E-state index >= 15 is 0 Å².